The first-order valence-corrected chi connectivity index (χ1v) is 5.75. The number of rotatable bonds is 4. The fraction of sp³-hybridized carbons (Fsp3) is 0.833. The number of aliphatic carboxylic acids is 1. The highest BCUT2D eigenvalue weighted by Crippen LogP contribution is 2.31. The number of nitrogens with one attached hydrogen (secondary N) is 1. The highest BCUT2D eigenvalue weighted by molar-refractivity contribution is 7.51. The quantitative estimate of drug-likeness (QED) is 0.370. The number of hydrogen-bond donors (Lipinski definition) is 5. The van der Waals surface area contributed by atoms with Crippen molar-refractivity contribution in [3.63, 3.8) is 0 Å². The van der Waals surface area contributed by atoms with Gasteiger partial charge >= 0.3 is 13.6 Å². The third-order valence-electron chi connectivity index (χ3n) is 0.594. The maximum atomic E-state index is 10.1. The van der Waals surface area contributed by atoms with Crippen LogP contribution in [0.3, 0.4) is 0 Å². The van der Waals surface area contributed by atoms with Gasteiger partial charge in [-0.25, -0.2) is 0 Å². The predicted octanol–water partition coefficient (Wildman–Crippen LogP) is -1.57. The van der Waals surface area contributed by atoms with Crippen LogP contribution in [0.2, 0.25) is 0 Å². The largest absolute Gasteiger partial charge is 0.480 e. The van der Waals surface area contributed by atoms with Crippen LogP contribution in [0.1, 0.15) is 13.8 Å². The summed E-state index contributed by atoms with van der Waals surface area (Å²) < 4.78 is 10.1. The second-order valence-corrected chi connectivity index (χ2v) is 4.68. The Morgan fingerprint density at radius 3 is 2.07 bits per heavy atom. The van der Waals surface area contributed by atoms with E-state index in [1.807, 2.05) is 0 Å². The van der Waals surface area contributed by atoms with Gasteiger partial charge in [-0.1, -0.05) is 0 Å². The van der Waals surface area contributed by atoms with Crippen LogP contribution in [0.4, 0.5) is 0 Å². The molecule has 0 aliphatic heterocycles. The molecule has 0 saturated heterocycles. The minimum atomic E-state index is -4.10. The van der Waals surface area contributed by atoms with Gasteiger partial charge in [0.25, 0.3) is 0 Å². The van der Waals surface area contributed by atoms with Crippen molar-refractivity contribution >= 4 is 13.6 Å². The molecule has 0 rings (SSSR count). The number of hydrogen-bond acceptors (Lipinski definition) is 3. The summed E-state index contributed by atoms with van der Waals surface area (Å²) in [6.07, 6.45) is -0.598. The fourth-order valence-corrected chi connectivity index (χ4v) is 0.712. The van der Waals surface area contributed by atoms with E-state index < -0.39 is 26.4 Å². The minimum Gasteiger partial charge on any atom is -0.480 e. The molecule has 14 heavy (non-hydrogen) atoms. The average Bonchev–Trinajstić information content (AvgIpc) is 1.80. The predicted molar refractivity (Wildman–Crippen MR) is 50.6 cm³/mol. The molecule has 0 aromatic carbocycles. The van der Waals surface area contributed by atoms with E-state index >= 15 is 0 Å². The minimum absolute atomic E-state index is 0.439. The highest BCUT2D eigenvalue weighted by atomic mass is 31.2. The summed E-state index contributed by atoms with van der Waals surface area (Å²) in [5, 5.41) is 10.1. The van der Waals surface area contributed by atoms with Crippen LogP contribution in [0, 0.1) is 0 Å². The third kappa shape index (κ3) is 30.0. The van der Waals surface area contributed by atoms with Gasteiger partial charge in [0.05, 0.1) is 18.9 Å². The van der Waals surface area contributed by atoms with Crippen LogP contribution in [-0.2, 0) is 9.36 Å². The van der Waals surface area contributed by atoms with Gasteiger partial charge in [0.1, 0.15) is 0 Å². The maximum absolute atomic E-state index is 10.1. The number of carboxylic acid groups (broad SMARTS) is 1. The number of carbonyl (C=O) groups is 1. The Labute approximate surface area is 82.5 Å². The summed E-state index contributed by atoms with van der Waals surface area (Å²) in [5.41, 5.74) is 3.64. The second-order valence-electron chi connectivity index (χ2n) is 3.04. The van der Waals surface area contributed by atoms with E-state index in [0.29, 0.717) is 6.04 Å². The van der Waals surface area contributed by atoms with E-state index in [1.165, 1.54) is 0 Å². The molecule has 0 heterocycles. The summed E-state index contributed by atoms with van der Waals surface area (Å²) in [6.45, 7) is 3.67. The third-order valence-corrected chi connectivity index (χ3v) is 1.23. The molecule has 0 unspecified atom stereocenters. The lowest BCUT2D eigenvalue weighted by Crippen LogP contribution is -2.57. The molecule has 0 atom stereocenters. The first kappa shape index (κ1) is 16.0. The van der Waals surface area contributed by atoms with Gasteiger partial charge in [0.15, 0.2) is 0 Å². The molecule has 0 saturated carbocycles. The van der Waals surface area contributed by atoms with E-state index in [-0.39, 0.29) is 0 Å². The zero-order chi connectivity index (χ0) is 11.8. The van der Waals surface area contributed by atoms with Crippen LogP contribution in [-0.4, -0.2) is 39.7 Å². The monoisotopic (exact) mass is 229 g/mol. The van der Waals surface area contributed by atoms with Gasteiger partial charge in [-0.15, -0.1) is 0 Å². The normalized spacial score (nSPS) is 10.7. The molecule has 86 valence electrons. The van der Waals surface area contributed by atoms with Crippen molar-refractivity contribution < 1.29 is 30.0 Å². The van der Waals surface area contributed by atoms with Crippen molar-refractivity contribution in [2.45, 2.75) is 19.9 Å². The highest BCUT2D eigenvalue weighted by Gasteiger charge is 2.11. The van der Waals surface area contributed by atoms with Crippen molar-refractivity contribution in [1.29, 1.82) is 0 Å². The van der Waals surface area contributed by atoms with Gasteiger partial charge in [-0.3, -0.25) is 14.7 Å². The van der Waals surface area contributed by atoms with Crippen molar-refractivity contribution in [3.05, 3.63) is 0 Å². The first-order chi connectivity index (χ1) is 6.15. The smallest absolute Gasteiger partial charge is 0.339 e. The first-order valence-electron chi connectivity index (χ1n) is 3.95. The summed E-state index contributed by atoms with van der Waals surface area (Å²) >= 11 is 0. The van der Waals surface area contributed by atoms with E-state index in [9.17, 15) is 9.36 Å². The zero-order valence-corrected chi connectivity index (χ0v) is 9.20. The molecule has 0 radical (unpaired) electrons. The Morgan fingerprint density at radius 2 is 1.86 bits per heavy atom. The Balaban J connectivity index is 0. The molecule has 0 fully saturated rings. The maximum Gasteiger partial charge on any atom is 0.339 e. The molecule has 0 amide bonds. The zero-order valence-electron chi connectivity index (χ0n) is 8.30. The molecule has 0 bridgehead atoms. The van der Waals surface area contributed by atoms with Crippen LogP contribution >= 0.6 is 7.60 Å². The molecule has 7 N–H and O–H groups in total. The number of quaternary nitrogens is 1. The Kier molecular flexibility index (Phi) is 9.02. The van der Waals surface area contributed by atoms with Crippen LogP contribution in [0.15, 0.2) is 0 Å². The molecule has 7 nitrogen and oxygen atoms in total. The number of carboxylic acids is 1. The molecule has 0 aliphatic carbocycles. The summed E-state index contributed by atoms with van der Waals surface area (Å²) in [6, 6.07) is 0.583. The molecule has 8 heteroatoms. The van der Waals surface area contributed by atoms with E-state index in [0.717, 1.165) is 0 Å². The summed E-state index contributed by atoms with van der Waals surface area (Å²) in [4.78, 5) is 26.1. The topological polar surface area (TPSA) is 134 Å². The Morgan fingerprint density at radius 1 is 1.50 bits per heavy atom. The molecular formula is C6H18N2O5P+. The lowest BCUT2D eigenvalue weighted by atomic mass is 10.5. The Bertz CT molecular complexity index is 200. The Hall–Kier alpha value is -0.460. The van der Waals surface area contributed by atoms with Gasteiger partial charge in [0, 0.05) is 0 Å². The second kappa shape index (κ2) is 7.90. The van der Waals surface area contributed by atoms with Crippen molar-refractivity contribution in [2.24, 2.45) is 0 Å². The van der Waals surface area contributed by atoms with Crippen molar-refractivity contribution in [3.8, 4) is 0 Å². The van der Waals surface area contributed by atoms with Crippen LogP contribution in [0.25, 0.3) is 0 Å². The SMILES string of the molecule is CC(C)[NH3+].O=C(O)CNCP(=O)(O)O. The van der Waals surface area contributed by atoms with Crippen LogP contribution in [0.5, 0.6) is 0 Å². The standard InChI is InChI=1S/C3H8NO5P.C3H9N/c5-3(6)1-4-2-10(7,8)9;1-3(2)4/h4H,1-2H2,(H,5,6)(H2,7,8,9);3H,4H2,1-2H3/p+1. The molecule has 0 spiro atoms. The van der Waals surface area contributed by atoms with Crippen LogP contribution < -0.4 is 11.1 Å². The summed E-state index contributed by atoms with van der Waals surface area (Å²) in [5.74, 6) is -1.14. The van der Waals surface area contributed by atoms with Crippen molar-refractivity contribution in [1.82, 2.24) is 5.32 Å². The van der Waals surface area contributed by atoms with Gasteiger partial charge in [0.2, 0.25) is 0 Å². The van der Waals surface area contributed by atoms with Gasteiger partial charge < -0.3 is 20.6 Å². The molecule has 0 aromatic rings. The lowest BCUT2D eigenvalue weighted by Gasteiger charge is -2.02. The summed E-state index contributed by atoms with van der Waals surface area (Å²) in [7, 11) is -4.10. The lowest BCUT2D eigenvalue weighted by molar-refractivity contribution is -0.407. The van der Waals surface area contributed by atoms with E-state index in [4.69, 9.17) is 14.9 Å². The fourth-order valence-electron chi connectivity index (χ4n) is 0.308. The van der Waals surface area contributed by atoms with E-state index in [1.54, 1.807) is 0 Å². The van der Waals surface area contributed by atoms with Gasteiger partial charge in [-0.05, 0) is 13.8 Å². The molecule has 0 aliphatic rings. The average molecular weight is 229 g/mol. The molecular weight excluding hydrogens is 211 g/mol. The van der Waals surface area contributed by atoms with Crippen molar-refractivity contribution in [2.75, 3.05) is 12.8 Å². The molecule has 0 aromatic heterocycles. The van der Waals surface area contributed by atoms with E-state index in [2.05, 4.69) is 24.9 Å². The van der Waals surface area contributed by atoms with Gasteiger partial charge in [-0.2, -0.15) is 0 Å².